The zero-order chi connectivity index (χ0) is 28.4. The van der Waals surface area contributed by atoms with E-state index in [1.165, 1.54) is 0 Å². The molecule has 9 heteroatoms. The van der Waals surface area contributed by atoms with Crippen LogP contribution in [0.2, 0.25) is 0 Å². The number of aliphatic hydroxyl groups is 1. The molecule has 2 N–H and O–H groups in total. The predicted octanol–water partition coefficient (Wildman–Crippen LogP) is 3.73. The monoisotopic (exact) mass is 565 g/mol. The molecule has 0 saturated carbocycles. The van der Waals surface area contributed by atoms with Gasteiger partial charge in [-0.3, -0.25) is 14.4 Å². The van der Waals surface area contributed by atoms with Gasteiger partial charge < -0.3 is 25.0 Å². The van der Waals surface area contributed by atoms with Gasteiger partial charge in [0.05, 0.1) is 35.8 Å². The van der Waals surface area contributed by atoms with Crippen molar-refractivity contribution in [3.8, 4) is 0 Å². The molecular weight excluding hydrogens is 526 g/mol. The van der Waals surface area contributed by atoms with Crippen LogP contribution >= 0.6 is 11.8 Å². The minimum Gasteiger partial charge on any atom is -0.466 e. The van der Waals surface area contributed by atoms with Crippen LogP contribution in [-0.4, -0.2) is 76.2 Å². The lowest BCUT2D eigenvalue weighted by Crippen LogP contribution is -2.55. The quantitative estimate of drug-likeness (QED) is 0.401. The van der Waals surface area contributed by atoms with E-state index in [9.17, 15) is 19.5 Å². The highest BCUT2D eigenvalue weighted by atomic mass is 32.2. The van der Waals surface area contributed by atoms with E-state index >= 15 is 0 Å². The largest absolute Gasteiger partial charge is 0.466 e. The fourth-order valence-electron chi connectivity index (χ4n) is 6.98. The van der Waals surface area contributed by atoms with Gasteiger partial charge in [-0.25, -0.2) is 0 Å². The lowest BCUT2D eigenvalue weighted by atomic mass is 9.71. The molecule has 3 aliphatic rings. The second-order valence-corrected chi connectivity index (χ2v) is 12.4. The number of hydrogen-bond acceptors (Lipinski definition) is 7. The van der Waals surface area contributed by atoms with Crippen LogP contribution < -0.4 is 10.2 Å². The summed E-state index contributed by atoms with van der Waals surface area (Å²) >= 11 is 1.60. The van der Waals surface area contributed by atoms with E-state index in [2.05, 4.69) is 24.1 Å². The van der Waals surface area contributed by atoms with Crippen LogP contribution in [0.4, 0.5) is 11.4 Å². The molecule has 2 bridgehead atoms. The number of rotatable bonds is 11. The molecule has 6 atom stereocenters. The third-order valence-electron chi connectivity index (χ3n) is 8.73. The van der Waals surface area contributed by atoms with Crippen molar-refractivity contribution in [1.82, 2.24) is 4.90 Å². The zero-order valence-corrected chi connectivity index (χ0v) is 24.2. The highest BCUT2D eigenvalue weighted by Gasteiger charge is 2.74. The van der Waals surface area contributed by atoms with E-state index in [4.69, 9.17) is 4.74 Å². The first-order chi connectivity index (χ1) is 19.4. The highest BCUT2D eigenvalue weighted by Crippen LogP contribution is 2.66. The maximum atomic E-state index is 14.2. The Morgan fingerprint density at radius 3 is 2.45 bits per heavy atom. The molecule has 5 rings (SSSR count). The van der Waals surface area contributed by atoms with Crippen LogP contribution in [0.25, 0.3) is 0 Å². The number of nitrogens with zero attached hydrogens (tertiary/aromatic N) is 2. The Morgan fingerprint density at radius 2 is 1.82 bits per heavy atom. The summed E-state index contributed by atoms with van der Waals surface area (Å²) in [5.41, 5.74) is 2.69. The predicted molar refractivity (Wildman–Crippen MR) is 157 cm³/mol. The Hall–Kier alpha value is -3.04. The lowest BCUT2D eigenvalue weighted by Gasteiger charge is -2.37. The van der Waals surface area contributed by atoms with Gasteiger partial charge in [-0.05, 0) is 69.9 Å². The van der Waals surface area contributed by atoms with Crippen LogP contribution in [0, 0.1) is 11.8 Å². The number of aliphatic hydroxyl groups excluding tert-OH is 1. The molecule has 40 heavy (non-hydrogen) atoms. The molecule has 3 aliphatic heterocycles. The molecule has 0 aromatic heterocycles. The number of anilines is 2. The summed E-state index contributed by atoms with van der Waals surface area (Å²) in [5, 5.41) is 13.6. The number of thioether (sulfide) groups is 1. The van der Waals surface area contributed by atoms with E-state index < -0.39 is 28.7 Å². The molecule has 1 spiro atoms. The average Bonchev–Trinajstić information content (AvgIpc) is 3.61. The fourth-order valence-corrected chi connectivity index (χ4v) is 9.18. The molecule has 214 valence electrons. The number of benzene rings is 2. The minimum absolute atomic E-state index is 0.0551. The van der Waals surface area contributed by atoms with Gasteiger partial charge in [0.1, 0.15) is 6.04 Å². The number of likely N-dealkylation sites (tertiary alicyclic amines) is 1. The minimum atomic E-state index is -0.817. The Balaban J connectivity index is 1.49. The van der Waals surface area contributed by atoms with E-state index in [0.717, 1.165) is 30.8 Å². The van der Waals surface area contributed by atoms with Crippen LogP contribution in [0.5, 0.6) is 0 Å². The summed E-state index contributed by atoms with van der Waals surface area (Å²) < 4.78 is 4.67. The Bertz CT molecular complexity index is 1220. The van der Waals surface area contributed by atoms with Crippen molar-refractivity contribution in [2.24, 2.45) is 11.8 Å². The highest BCUT2D eigenvalue weighted by molar-refractivity contribution is 8.02. The van der Waals surface area contributed by atoms with Gasteiger partial charge in [-0.1, -0.05) is 30.3 Å². The molecule has 2 aromatic rings. The van der Waals surface area contributed by atoms with Crippen molar-refractivity contribution >= 4 is 40.9 Å². The van der Waals surface area contributed by atoms with Gasteiger partial charge in [0, 0.05) is 29.7 Å². The van der Waals surface area contributed by atoms with Gasteiger partial charge in [0.25, 0.3) is 0 Å². The summed E-state index contributed by atoms with van der Waals surface area (Å²) in [6.07, 6.45) is 1.82. The second-order valence-electron chi connectivity index (χ2n) is 10.8. The standard InChI is InChI=1S/C31H39N3O5S/c1-4-33(5-2)22-14-12-21(13-15-22)32-28(36)27-31-17-16-24(40-31)25(30(38)39-6-3)26(31)29(37)34(27)23(19-35)18-20-10-8-7-9-11-20/h7-15,23-27,35H,4-6,16-19H2,1-3H3,(H,32,36)/t23-,24-,25+,26+,27?,31?/m1/s1. The van der Waals surface area contributed by atoms with Crippen molar-refractivity contribution in [3.63, 3.8) is 0 Å². The topological polar surface area (TPSA) is 99.2 Å². The molecule has 3 fully saturated rings. The average molecular weight is 566 g/mol. The number of esters is 1. The van der Waals surface area contributed by atoms with Gasteiger partial charge in [-0.2, -0.15) is 0 Å². The normalized spacial score (nSPS) is 27.4. The molecule has 3 heterocycles. The van der Waals surface area contributed by atoms with Crippen molar-refractivity contribution in [1.29, 1.82) is 0 Å². The summed E-state index contributed by atoms with van der Waals surface area (Å²) in [6.45, 7) is 7.69. The van der Waals surface area contributed by atoms with Crippen LogP contribution in [0.3, 0.4) is 0 Å². The Labute approximate surface area is 240 Å². The summed E-state index contributed by atoms with van der Waals surface area (Å²) in [4.78, 5) is 45.3. The van der Waals surface area contributed by atoms with E-state index in [0.29, 0.717) is 18.5 Å². The molecule has 2 unspecified atom stereocenters. The smallest absolute Gasteiger partial charge is 0.310 e. The van der Waals surface area contributed by atoms with Gasteiger partial charge in [0.15, 0.2) is 0 Å². The number of amides is 2. The van der Waals surface area contributed by atoms with E-state index in [1.54, 1.807) is 23.6 Å². The molecule has 2 aromatic carbocycles. The third kappa shape index (κ3) is 4.87. The van der Waals surface area contributed by atoms with Crippen molar-refractivity contribution in [3.05, 3.63) is 60.2 Å². The van der Waals surface area contributed by atoms with Crippen LogP contribution in [-0.2, 0) is 25.5 Å². The number of fused-ring (bicyclic) bond motifs is 1. The number of carbonyl (C=O) groups excluding carboxylic acids is 3. The first-order valence-corrected chi connectivity index (χ1v) is 15.2. The van der Waals surface area contributed by atoms with E-state index in [-0.39, 0.29) is 36.2 Å². The van der Waals surface area contributed by atoms with Crippen molar-refractivity contribution < 1.29 is 24.2 Å². The van der Waals surface area contributed by atoms with E-state index in [1.807, 2.05) is 54.6 Å². The van der Waals surface area contributed by atoms with Gasteiger partial charge in [0.2, 0.25) is 11.8 Å². The Morgan fingerprint density at radius 1 is 1.12 bits per heavy atom. The second kappa shape index (κ2) is 11.8. The van der Waals surface area contributed by atoms with Gasteiger partial charge in [-0.15, -0.1) is 11.8 Å². The fraction of sp³-hybridized carbons (Fsp3) is 0.516. The van der Waals surface area contributed by atoms with Gasteiger partial charge >= 0.3 is 5.97 Å². The first-order valence-electron chi connectivity index (χ1n) is 14.4. The maximum absolute atomic E-state index is 14.2. The van der Waals surface area contributed by atoms with Crippen LogP contribution in [0.1, 0.15) is 39.2 Å². The number of hydrogen-bond donors (Lipinski definition) is 2. The first kappa shape index (κ1) is 28.5. The number of ether oxygens (including phenoxy) is 1. The summed E-state index contributed by atoms with van der Waals surface area (Å²) in [7, 11) is 0. The number of nitrogens with one attached hydrogen (secondary N) is 1. The molecule has 2 amide bonds. The maximum Gasteiger partial charge on any atom is 0.310 e. The van der Waals surface area contributed by atoms with Crippen molar-refractivity contribution in [2.75, 3.05) is 36.5 Å². The molecule has 0 radical (unpaired) electrons. The SMILES string of the molecule is CCOC(=O)[C@@H]1[C@H]2C(=O)N([C@@H](CO)Cc3ccccc3)C(C(=O)Nc3ccc(N(CC)CC)cc3)C23CC[C@H]1S3. The van der Waals surface area contributed by atoms with Crippen molar-refractivity contribution in [2.45, 2.75) is 62.1 Å². The lowest BCUT2D eigenvalue weighted by molar-refractivity contribution is -0.154. The molecular formula is C31H39N3O5S. The zero-order valence-electron chi connectivity index (χ0n) is 23.4. The number of carbonyl (C=O) groups is 3. The molecule has 8 nitrogen and oxygen atoms in total. The summed E-state index contributed by atoms with van der Waals surface area (Å²) in [6, 6.07) is 16.0. The third-order valence-corrected chi connectivity index (χ3v) is 10.7. The molecule has 3 saturated heterocycles. The Kier molecular flexibility index (Phi) is 8.42. The summed E-state index contributed by atoms with van der Waals surface area (Å²) in [5.74, 6) is -2.12. The van der Waals surface area contributed by atoms with Crippen LogP contribution in [0.15, 0.2) is 54.6 Å². The molecule has 0 aliphatic carbocycles.